The van der Waals surface area contributed by atoms with Gasteiger partial charge in [-0.1, -0.05) is 29.8 Å². The van der Waals surface area contributed by atoms with Crippen LogP contribution in [0.15, 0.2) is 53.9 Å². The van der Waals surface area contributed by atoms with Gasteiger partial charge in [-0.3, -0.25) is 9.78 Å². The van der Waals surface area contributed by atoms with Crippen LogP contribution in [-0.4, -0.2) is 38.6 Å². The van der Waals surface area contributed by atoms with Crippen molar-refractivity contribution in [2.24, 2.45) is 5.10 Å². The number of aliphatic hydroxyl groups is 1. The average Bonchev–Trinajstić information content (AvgIpc) is 2.97. The molecule has 1 aliphatic heterocycles. The molecular weight excluding hydrogens is 347 g/mol. The van der Waals surface area contributed by atoms with Gasteiger partial charge in [-0.05, 0) is 24.6 Å². The van der Waals surface area contributed by atoms with Gasteiger partial charge in [-0.25, -0.2) is 0 Å². The van der Waals surface area contributed by atoms with Crippen LogP contribution in [0.4, 0.5) is 13.2 Å². The van der Waals surface area contributed by atoms with Crippen molar-refractivity contribution < 1.29 is 23.1 Å². The molecule has 0 fully saturated rings. The summed E-state index contributed by atoms with van der Waals surface area (Å²) >= 11 is 0. The minimum Gasteiger partial charge on any atom is -0.362 e. The van der Waals surface area contributed by atoms with E-state index in [0.717, 1.165) is 5.56 Å². The monoisotopic (exact) mass is 363 g/mol. The van der Waals surface area contributed by atoms with E-state index in [1.165, 1.54) is 24.5 Å². The summed E-state index contributed by atoms with van der Waals surface area (Å²) in [6, 6.07) is 9.78. The van der Waals surface area contributed by atoms with Crippen LogP contribution in [0.25, 0.3) is 0 Å². The van der Waals surface area contributed by atoms with E-state index >= 15 is 0 Å². The van der Waals surface area contributed by atoms with Crippen LogP contribution < -0.4 is 0 Å². The molecule has 2 heterocycles. The summed E-state index contributed by atoms with van der Waals surface area (Å²) in [5, 5.41) is 14.2. The molecule has 8 heteroatoms. The number of pyridine rings is 1. The second-order valence-electron chi connectivity index (χ2n) is 6.14. The van der Waals surface area contributed by atoms with Gasteiger partial charge in [0.15, 0.2) is 0 Å². The van der Waals surface area contributed by atoms with Gasteiger partial charge in [-0.2, -0.15) is 23.3 Å². The Balaban J connectivity index is 1.93. The Morgan fingerprint density at radius 1 is 1.19 bits per heavy atom. The number of rotatable bonds is 3. The lowest BCUT2D eigenvalue weighted by Crippen LogP contribution is -2.57. The maximum absolute atomic E-state index is 13.5. The molecule has 1 amide bonds. The molecule has 136 valence electrons. The van der Waals surface area contributed by atoms with Crippen molar-refractivity contribution >= 4 is 11.6 Å². The summed E-state index contributed by atoms with van der Waals surface area (Å²) in [5.41, 5.74) is -1.52. The Morgan fingerprint density at radius 2 is 1.81 bits per heavy atom. The first-order valence-electron chi connectivity index (χ1n) is 7.86. The van der Waals surface area contributed by atoms with Crippen molar-refractivity contribution in [1.29, 1.82) is 0 Å². The third-order valence-corrected chi connectivity index (χ3v) is 4.16. The number of carbonyl (C=O) groups excluding carboxylic acids is 1. The van der Waals surface area contributed by atoms with Crippen molar-refractivity contribution in [2.75, 3.05) is 0 Å². The van der Waals surface area contributed by atoms with Crippen molar-refractivity contribution in [1.82, 2.24) is 9.99 Å². The lowest BCUT2D eigenvalue weighted by molar-refractivity contribution is -0.302. The van der Waals surface area contributed by atoms with Crippen LogP contribution in [0, 0.1) is 6.92 Å². The van der Waals surface area contributed by atoms with Crippen molar-refractivity contribution in [2.45, 2.75) is 31.7 Å². The highest BCUT2D eigenvalue weighted by Crippen LogP contribution is 2.41. The molecule has 1 aromatic carbocycles. The minimum atomic E-state index is -5.05. The topological polar surface area (TPSA) is 65.8 Å². The first-order chi connectivity index (χ1) is 12.2. The molecular formula is C18H16F3N3O2. The number of halogens is 3. The number of amides is 1. The highest BCUT2D eigenvalue weighted by molar-refractivity contribution is 6.03. The molecule has 1 aromatic heterocycles. The maximum Gasteiger partial charge on any atom is 0.438 e. The lowest BCUT2D eigenvalue weighted by atomic mass is 10.0. The molecule has 5 nitrogen and oxygen atoms in total. The van der Waals surface area contributed by atoms with E-state index < -0.39 is 24.2 Å². The van der Waals surface area contributed by atoms with E-state index in [2.05, 4.69) is 10.1 Å². The van der Waals surface area contributed by atoms with Gasteiger partial charge in [0.05, 0.1) is 18.6 Å². The van der Waals surface area contributed by atoms with Crippen molar-refractivity contribution in [3.63, 3.8) is 0 Å². The Morgan fingerprint density at radius 3 is 2.38 bits per heavy atom. The largest absolute Gasteiger partial charge is 0.438 e. The number of carbonyl (C=O) groups is 1. The van der Waals surface area contributed by atoms with E-state index in [-0.39, 0.29) is 17.1 Å². The molecule has 0 saturated carbocycles. The normalized spacial score (nSPS) is 20.2. The molecule has 1 atom stereocenters. The van der Waals surface area contributed by atoms with Gasteiger partial charge < -0.3 is 5.11 Å². The Bertz CT molecular complexity index is 835. The molecule has 0 unspecified atom stereocenters. The van der Waals surface area contributed by atoms with E-state index in [1.54, 1.807) is 24.3 Å². The molecule has 1 aliphatic rings. The lowest BCUT2D eigenvalue weighted by Gasteiger charge is -2.32. The second kappa shape index (κ2) is 6.53. The van der Waals surface area contributed by atoms with Gasteiger partial charge in [0.2, 0.25) is 5.91 Å². The summed E-state index contributed by atoms with van der Waals surface area (Å²) in [6.07, 6.45) is -3.37. The summed E-state index contributed by atoms with van der Waals surface area (Å²) in [7, 11) is 0. The first kappa shape index (κ1) is 18.1. The van der Waals surface area contributed by atoms with Crippen LogP contribution in [0.2, 0.25) is 0 Å². The van der Waals surface area contributed by atoms with Crippen LogP contribution in [0.1, 0.15) is 23.1 Å². The smallest absolute Gasteiger partial charge is 0.362 e. The number of aromatic nitrogens is 1. The van der Waals surface area contributed by atoms with Crippen LogP contribution in [0.3, 0.4) is 0 Å². The number of hydrogen-bond donors (Lipinski definition) is 1. The Kier molecular flexibility index (Phi) is 4.53. The SMILES string of the molecule is Cc1ccc(CC(=O)N2N=C(c3ccncc3)C[C@@]2(O)C(F)(F)F)cc1. The molecule has 0 aliphatic carbocycles. The van der Waals surface area contributed by atoms with Crippen LogP contribution in [-0.2, 0) is 11.2 Å². The number of hydrazone groups is 1. The van der Waals surface area contributed by atoms with Crippen LogP contribution in [0.5, 0.6) is 0 Å². The standard InChI is InChI=1S/C18H16F3N3O2/c1-12-2-4-13(5-3-12)10-16(25)24-17(26,18(19,20)21)11-15(23-24)14-6-8-22-9-7-14/h2-9,26H,10-11H2,1H3/t17-/m1/s1. The zero-order chi connectivity index (χ0) is 18.9. The number of hydrogen-bond acceptors (Lipinski definition) is 4. The van der Waals surface area contributed by atoms with Crippen molar-refractivity contribution in [3.05, 3.63) is 65.5 Å². The third kappa shape index (κ3) is 3.32. The van der Waals surface area contributed by atoms with Crippen LogP contribution >= 0.6 is 0 Å². The van der Waals surface area contributed by atoms with Gasteiger partial charge in [-0.15, -0.1) is 0 Å². The molecule has 3 rings (SSSR count). The molecule has 2 aromatic rings. The zero-order valence-corrected chi connectivity index (χ0v) is 13.9. The third-order valence-electron chi connectivity index (χ3n) is 4.16. The maximum atomic E-state index is 13.5. The van der Waals surface area contributed by atoms with E-state index in [9.17, 15) is 23.1 Å². The fourth-order valence-electron chi connectivity index (χ4n) is 2.69. The van der Waals surface area contributed by atoms with E-state index in [1.807, 2.05) is 6.92 Å². The molecule has 0 spiro atoms. The van der Waals surface area contributed by atoms with E-state index in [0.29, 0.717) is 11.1 Å². The van der Waals surface area contributed by atoms with Gasteiger partial charge in [0, 0.05) is 18.0 Å². The quantitative estimate of drug-likeness (QED) is 0.912. The van der Waals surface area contributed by atoms with Gasteiger partial charge in [0.1, 0.15) is 0 Å². The minimum absolute atomic E-state index is 0.0236. The number of nitrogens with zero attached hydrogens (tertiary/aromatic N) is 3. The Hall–Kier alpha value is -2.74. The summed E-state index contributed by atoms with van der Waals surface area (Å²) in [5.74, 6) is -0.933. The summed E-state index contributed by atoms with van der Waals surface area (Å²) in [4.78, 5) is 16.3. The fourth-order valence-corrected chi connectivity index (χ4v) is 2.69. The first-order valence-corrected chi connectivity index (χ1v) is 7.86. The number of alkyl halides is 3. The van der Waals surface area contributed by atoms with Crippen molar-refractivity contribution in [3.8, 4) is 0 Å². The summed E-state index contributed by atoms with van der Waals surface area (Å²) < 4.78 is 40.5. The fraction of sp³-hybridized carbons (Fsp3) is 0.278. The van der Waals surface area contributed by atoms with Gasteiger partial charge in [0.25, 0.3) is 5.72 Å². The molecule has 0 saturated heterocycles. The number of aryl methyl sites for hydroxylation is 1. The molecule has 0 bridgehead atoms. The van der Waals surface area contributed by atoms with Gasteiger partial charge >= 0.3 is 6.18 Å². The molecule has 1 N–H and O–H groups in total. The number of benzene rings is 1. The van der Waals surface area contributed by atoms with E-state index in [4.69, 9.17) is 0 Å². The zero-order valence-electron chi connectivity index (χ0n) is 13.9. The molecule has 0 radical (unpaired) electrons. The highest BCUT2D eigenvalue weighted by Gasteiger charge is 2.63. The second-order valence-corrected chi connectivity index (χ2v) is 6.14. The highest BCUT2D eigenvalue weighted by atomic mass is 19.4. The summed E-state index contributed by atoms with van der Waals surface area (Å²) in [6.45, 7) is 1.86. The Labute approximate surface area is 147 Å². The predicted molar refractivity (Wildman–Crippen MR) is 88.1 cm³/mol. The average molecular weight is 363 g/mol. The molecule has 26 heavy (non-hydrogen) atoms. The predicted octanol–water partition coefficient (Wildman–Crippen LogP) is 2.82.